The molecule has 0 spiro atoms. The third-order valence-electron chi connectivity index (χ3n) is 5.17. The monoisotopic (exact) mass is 456 g/mol. The highest BCUT2D eigenvalue weighted by atomic mass is 32.2. The number of carbonyl (C=O) groups excluding carboxylic acids is 2. The number of fused-ring (bicyclic) bond motifs is 2. The summed E-state index contributed by atoms with van der Waals surface area (Å²) in [5.74, 6) is -0.675. The van der Waals surface area contributed by atoms with E-state index >= 15 is 0 Å². The second kappa shape index (κ2) is 8.70. The number of hydrogen-bond acceptors (Lipinski definition) is 3. The Morgan fingerprint density at radius 2 is 1.72 bits per heavy atom. The van der Waals surface area contributed by atoms with E-state index in [1.807, 2.05) is 19.1 Å². The molecule has 1 aliphatic rings. The third kappa shape index (κ3) is 4.23. The first-order chi connectivity index (χ1) is 15.3. The van der Waals surface area contributed by atoms with Gasteiger partial charge in [-0.1, -0.05) is 42.1 Å². The molecule has 0 radical (unpaired) electrons. The molecule has 0 fully saturated rings. The van der Waals surface area contributed by atoms with Crippen molar-refractivity contribution in [1.82, 2.24) is 5.32 Å². The quantitative estimate of drug-likeness (QED) is 0.543. The predicted molar refractivity (Wildman–Crippen MR) is 117 cm³/mol. The SMILES string of the molecule is CCN1C(=O)c2ccccc2Sc2ccc(C(=O)NCc3ccccc3C(F)(F)F)cc21. The summed E-state index contributed by atoms with van der Waals surface area (Å²) in [5.41, 5.74) is 0.664. The van der Waals surface area contributed by atoms with Gasteiger partial charge < -0.3 is 10.2 Å². The summed E-state index contributed by atoms with van der Waals surface area (Å²) in [4.78, 5) is 29.1. The largest absolute Gasteiger partial charge is 0.416 e. The number of anilines is 1. The van der Waals surface area contributed by atoms with E-state index in [2.05, 4.69) is 5.32 Å². The van der Waals surface area contributed by atoms with Crippen LogP contribution in [0.4, 0.5) is 18.9 Å². The molecule has 4 rings (SSSR count). The number of nitrogens with one attached hydrogen (secondary N) is 1. The Morgan fingerprint density at radius 1 is 1.00 bits per heavy atom. The lowest BCUT2D eigenvalue weighted by atomic mass is 10.1. The minimum Gasteiger partial charge on any atom is -0.348 e. The summed E-state index contributed by atoms with van der Waals surface area (Å²) in [5, 5.41) is 2.56. The van der Waals surface area contributed by atoms with Gasteiger partial charge in [-0.25, -0.2) is 0 Å². The molecule has 1 heterocycles. The van der Waals surface area contributed by atoms with Gasteiger partial charge in [0.05, 0.1) is 16.8 Å². The Balaban J connectivity index is 1.60. The van der Waals surface area contributed by atoms with Crippen LogP contribution in [0.2, 0.25) is 0 Å². The van der Waals surface area contributed by atoms with E-state index in [9.17, 15) is 22.8 Å². The van der Waals surface area contributed by atoms with Crippen LogP contribution in [0.1, 0.15) is 38.8 Å². The van der Waals surface area contributed by atoms with Crippen LogP contribution in [0.25, 0.3) is 0 Å². The van der Waals surface area contributed by atoms with Gasteiger partial charge in [0.15, 0.2) is 0 Å². The first kappa shape index (κ1) is 22.0. The van der Waals surface area contributed by atoms with E-state index in [-0.39, 0.29) is 23.6 Å². The van der Waals surface area contributed by atoms with Crippen molar-refractivity contribution in [3.05, 3.63) is 89.0 Å². The molecule has 0 atom stereocenters. The highest BCUT2D eigenvalue weighted by Crippen LogP contribution is 2.41. The molecule has 3 aromatic rings. The van der Waals surface area contributed by atoms with Crippen molar-refractivity contribution in [2.75, 3.05) is 11.4 Å². The lowest BCUT2D eigenvalue weighted by Crippen LogP contribution is -2.31. The second-order valence-electron chi connectivity index (χ2n) is 7.17. The molecule has 0 aliphatic carbocycles. The van der Waals surface area contributed by atoms with Crippen molar-refractivity contribution >= 4 is 29.3 Å². The molecule has 1 aliphatic heterocycles. The van der Waals surface area contributed by atoms with Crippen LogP contribution in [0.15, 0.2) is 76.5 Å². The molecule has 0 unspecified atom stereocenters. The van der Waals surface area contributed by atoms with Crippen LogP contribution in [0.3, 0.4) is 0 Å². The van der Waals surface area contributed by atoms with Gasteiger partial charge in [0.2, 0.25) is 0 Å². The van der Waals surface area contributed by atoms with E-state index < -0.39 is 17.6 Å². The Kier molecular flexibility index (Phi) is 5.97. The number of benzene rings is 3. The molecule has 3 aromatic carbocycles. The molecular weight excluding hydrogens is 437 g/mol. The van der Waals surface area contributed by atoms with Crippen molar-refractivity contribution in [3.8, 4) is 0 Å². The zero-order valence-electron chi connectivity index (χ0n) is 17.1. The highest BCUT2D eigenvalue weighted by molar-refractivity contribution is 7.99. The minimum absolute atomic E-state index is 0.0144. The van der Waals surface area contributed by atoms with Gasteiger partial charge in [-0.3, -0.25) is 9.59 Å². The number of nitrogens with zero attached hydrogens (tertiary/aromatic N) is 1. The fraction of sp³-hybridized carbons (Fsp3) is 0.167. The van der Waals surface area contributed by atoms with Gasteiger partial charge in [0.25, 0.3) is 11.8 Å². The zero-order chi connectivity index (χ0) is 22.9. The average Bonchev–Trinajstić information content (AvgIpc) is 2.90. The smallest absolute Gasteiger partial charge is 0.348 e. The van der Waals surface area contributed by atoms with Crippen molar-refractivity contribution < 1.29 is 22.8 Å². The van der Waals surface area contributed by atoms with Crippen LogP contribution in [-0.2, 0) is 12.7 Å². The van der Waals surface area contributed by atoms with Crippen LogP contribution in [0.5, 0.6) is 0 Å². The number of carbonyl (C=O) groups is 2. The lowest BCUT2D eigenvalue weighted by Gasteiger charge is -2.21. The topological polar surface area (TPSA) is 49.4 Å². The average molecular weight is 456 g/mol. The molecule has 4 nitrogen and oxygen atoms in total. The molecule has 32 heavy (non-hydrogen) atoms. The fourth-order valence-electron chi connectivity index (χ4n) is 3.60. The highest BCUT2D eigenvalue weighted by Gasteiger charge is 2.33. The van der Waals surface area contributed by atoms with Gasteiger partial charge in [0, 0.05) is 28.4 Å². The van der Waals surface area contributed by atoms with E-state index in [1.54, 1.807) is 35.2 Å². The van der Waals surface area contributed by atoms with Crippen LogP contribution in [-0.4, -0.2) is 18.4 Å². The predicted octanol–water partition coefficient (Wildman–Crippen LogP) is 5.77. The molecule has 0 saturated carbocycles. The Labute approximate surface area is 187 Å². The minimum atomic E-state index is -4.50. The molecule has 1 N–H and O–H groups in total. The summed E-state index contributed by atoms with van der Waals surface area (Å²) in [6.45, 7) is 1.99. The molecule has 0 bridgehead atoms. The van der Waals surface area contributed by atoms with Crippen LogP contribution in [0, 0.1) is 0 Å². The summed E-state index contributed by atoms with van der Waals surface area (Å²) >= 11 is 1.44. The maximum absolute atomic E-state index is 13.2. The first-order valence-corrected chi connectivity index (χ1v) is 10.8. The second-order valence-corrected chi connectivity index (χ2v) is 8.25. The number of amides is 2. The van der Waals surface area contributed by atoms with E-state index in [4.69, 9.17) is 0 Å². The van der Waals surface area contributed by atoms with Crippen molar-refractivity contribution in [2.24, 2.45) is 0 Å². The Bertz CT molecular complexity index is 1190. The van der Waals surface area contributed by atoms with Crippen molar-refractivity contribution in [2.45, 2.75) is 29.4 Å². The van der Waals surface area contributed by atoms with Crippen molar-refractivity contribution in [3.63, 3.8) is 0 Å². The van der Waals surface area contributed by atoms with Crippen LogP contribution < -0.4 is 10.2 Å². The standard InChI is InChI=1S/C24H19F3N2O2S/c1-2-29-19-13-15(11-12-21(19)32-20-10-6-4-8-17(20)23(29)31)22(30)28-14-16-7-3-5-9-18(16)24(25,26)27/h3-13H,2,14H2,1H3,(H,28,30). The Morgan fingerprint density at radius 3 is 2.47 bits per heavy atom. The van der Waals surface area contributed by atoms with Crippen molar-refractivity contribution in [1.29, 1.82) is 0 Å². The zero-order valence-corrected chi connectivity index (χ0v) is 17.9. The first-order valence-electron chi connectivity index (χ1n) is 9.95. The van der Waals surface area contributed by atoms with E-state index in [1.165, 1.54) is 30.0 Å². The van der Waals surface area contributed by atoms with E-state index in [0.717, 1.165) is 15.9 Å². The van der Waals surface area contributed by atoms with Gasteiger partial charge in [-0.15, -0.1) is 0 Å². The molecular formula is C24H19F3N2O2S. The molecule has 164 valence electrons. The Hall–Kier alpha value is -3.26. The molecule has 0 aromatic heterocycles. The summed E-state index contributed by atoms with van der Waals surface area (Å²) in [7, 11) is 0. The number of rotatable bonds is 4. The molecule has 8 heteroatoms. The molecule has 2 amide bonds. The maximum Gasteiger partial charge on any atom is 0.416 e. The fourth-order valence-corrected chi connectivity index (χ4v) is 4.66. The number of halogens is 3. The summed E-state index contributed by atoms with van der Waals surface area (Å²) in [6.07, 6.45) is -4.50. The number of hydrogen-bond donors (Lipinski definition) is 1. The van der Waals surface area contributed by atoms with Gasteiger partial charge in [-0.05, 0) is 48.9 Å². The van der Waals surface area contributed by atoms with Gasteiger partial charge in [-0.2, -0.15) is 13.2 Å². The number of alkyl halides is 3. The summed E-state index contributed by atoms with van der Waals surface area (Å²) in [6, 6.07) is 17.4. The maximum atomic E-state index is 13.2. The lowest BCUT2D eigenvalue weighted by molar-refractivity contribution is -0.138. The van der Waals surface area contributed by atoms with Crippen LogP contribution >= 0.6 is 11.8 Å². The van der Waals surface area contributed by atoms with Gasteiger partial charge in [0.1, 0.15) is 0 Å². The molecule has 0 saturated heterocycles. The third-order valence-corrected chi connectivity index (χ3v) is 6.31. The van der Waals surface area contributed by atoms with Gasteiger partial charge >= 0.3 is 6.18 Å². The van der Waals surface area contributed by atoms with E-state index in [0.29, 0.717) is 17.8 Å². The summed E-state index contributed by atoms with van der Waals surface area (Å²) < 4.78 is 39.6. The normalized spacial score (nSPS) is 13.2.